The summed E-state index contributed by atoms with van der Waals surface area (Å²) in [5, 5.41) is 7.61. The quantitative estimate of drug-likeness (QED) is 0.511. The summed E-state index contributed by atoms with van der Waals surface area (Å²) in [7, 11) is -4.04. The Morgan fingerprint density at radius 2 is 1.76 bits per heavy atom. The van der Waals surface area contributed by atoms with E-state index in [1.54, 1.807) is 12.1 Å². The van der Waals surface area contributed by atoms with Gasteiger partial charge in [0.05, 0.1) is 23.6 Å². The van der Waals surface area contributed by atoms with E-state index in [1.807, 2.05) is 20.8 Å². The fourth-order valence-corrected chi connectivity index (χ4v) is 3.34. The molecule has 0 aliphatic heterocycles. The van der Waals surface area contributed by atoms with Gasteiger partial charge in [0.15, 0.2) is 0 Å². The molecule has 3 rings (SSSR count). The van der Waals surface area contributed by atoms with E-state index in [0.717, 1.165) is 36.2 Å². The van der Waals surface area contributed by atoms with Crippen molar-refractivity contribution in [2.24, 2.45) is 5.14 Å². The lowest BCUT2D eigenvalue weighted by Crippen LogP contribution is -2.17. The first-order valence-corrected chi connectivity index (χ1v) is 11.3. The lowest BCUT2D eigenvalue weighted by atomic mass is 9.86. The van der Waals surface area contributed by atoms with Crippen LogP contribution in [0.5, 0.6) is 11.5 Å². The van der Waals surface area contributed by atoms with Gasteiger partial charge < -0.3 is 10.1 Å². The second kappa shape index (κ2) is 9.03. The van der Waals surface area contributed by atoms with Crippen LogP contribution >= 0.6 is 0 Å². The molecule has 0 radical (unpaired) electrons. The molecule has 0 fully saturated rings. The van der Waals surface area contributed by atoms with Crippen LogP contribution < -0.4 is 15.2 Å². The van der Waals surface area contributed by atoms with Gasteiger partial charge in [-0.15, -0.1) is 0 Å². The van der Waals surface area contributed by atoms with Crippen molar-refractivity contribution < 1.29 is 34.0 Å². The van der Waals surface area contributed by atoms with Crippen LogP contribution in [-0.4, -0.2) is 24.3 Å². The Bertz CT molecular complexity index is 1330. The van der Waals surface area contributed by atoms with Gasteiger partial charge in [0.25, 0.3) is 5.91 Å². The van der Waals surface area contributed by atoms with Crippen molar-refractivity contribution in [1.29, 1.82) is 0 Å². The molecule has 2 heterocycles. The van der Waals surface area contributed by atoms with Gasteiger partial charge in [-0.05, 0) is 41.3 Å². The van der Waals surface area contributed by atoms with Gasteiger partial charge in [-0.3, -0.25) is 9.78 Å². The Morgan fingerprint density at radius 3 is 2.32 bits per heavy atom. The van der Waals surface area contributed by atoms with Crippen molar-refractivity contribution in [2.45, 2.75) is 37.3 Å². The number of hydrogen-bond donors (Lipinski definition) is 2. The number of anilines is 1. The van der Waals surface area contributed by atoms with Crippen LogP contribution in [0.15, 0.2) is 59.9 Å². The number of pyridine rings is 2. The number of nitrogens with one attached hydrogen (secondary N) is 1. The Balaban J connectivity index is 0.00000324. The molecule has 0 bridgehead atoms. The predicted molar refractivity (Wildman–Crippen MR) is 122 cm³/mol. The number of benzene rings is 1. The summed E-state index contributed by atoms with van der Waals surface area (Å²) in [6, 6.07) is 7.83. The van der Waals surface area contributed by atoms with Crippen LogP contribution in [0.3, 0.4) is 0 Å². The molecule has 34 heavy (non-hydrogen) atoms. The molecule has 12 heteroatoms. The lowest BCUT2D eigenvalue weighted by molar-refractivity contribution is -0.141. The van der Waals surface area contributed by atoms with E-state index < -0.39 is 27.8 Å². The largest absolute Gasteiger partial charge is 0.455 e. The van der Waals surface area contributed by atoms with Gasteiger partial charge in [0.1, 0.15) is 22.1 Å². The molecule has 1 aromatic carbocycles. The Morgan fingerprint density at radius 1 is 1.06 bits per heavy atom. The standard InChI is InChI=1S/C22H21F3N4O4S.2H2/c1-21(2,3)13-4-6-17(20(30)29-14-9-16(12-27-10-14)34(26,31)32)18(8-13)33-15-5-7-19(28-11-15)22(23,24)25;;/h4-12H,1-3H3,(H,29,30)(H2,26,31,32);2*1H. The molecule has 2 aromatic heterocycles. The summed E-state index contributed by atoms with van der Waals surface area (Å²) in [6.45, 7) is 5.82. The van der Waals surface area contributed by atoms with Crippen LogP contribution in [0.25, 0.3) is 0 Å². The minimum atomic E-state index is -4.60. The molecular weight excluding hydrogens is 473 g/mol. The van der Waals surface area contributed by atoms with Crippen molar-refractivity contribution >= 4 is 21.6 Å². The van der Waals surface area contributed by atoms with Gasteiger partial charge in [-0.2, -0.15) is 13.2 Å². The van der Waals surface area contributed by atoms with E-state index in [0.29, 0.717) is 0 Å². The second-order valence-corrected chi connectivity index (χ2v) is 9.91. The Labute approximate surface area is 197 Å². The molecule has 0 spiro atoms. The van der Waals surface area contributed by atoms with Gasteiger partial charge in [0.2, 0.25) is 10.0 Å². The third-order valence-electron chi connectivity index (χ3n) is 4.65. The number of carbonyl (C=O) groups is 1. The van der Waals surface area contributed by atoms with Crippen molar-refractivity contribution in [3.05, 3.63) is 71.8 Å². The zero-order valence-corrected chi connectivity index (χ0v) is 19.2. The van der Waals surface area contributed by atoms with E-state index in [4.69, 9.17) is 9.88 Å². The van der Waals surface area contributed by atoms with Gasteiger partial charge in [0, 0.05) is 9.05 Å². The number of amides is 1. The van der Waals surface area contributed by atoms with E-state index in [-0.39, 0.29) is 35.9 Å². The van der Waals surface area contributed by atoms with Crippen molar-refractivity contribution in [2.75, 3.05) is 5.32 Å². The Kier molecular flexibility index (Phi) is 6.67. The number of aromatic nitrogens is 2. The first kappa shape index (κ1) is 25.1. The number of alkyl halides is 3. The smallest absolute Gasteiger partial charge is 0.433 e. The minimum Gasteiger partial charge on any atom is -0.455 e. The first-order chi connectivity index (χ1) is 15.6. The normalized spacial score (nSPS) is 12.3. The number of ether oxygens (including phenoxy) is 1. The third-order valence-corrected chi connectivity index (χ3v) is 5.53. The highest BCUT2D eigenvalue weighted by Crippen LogP contribution is 2.33. The highest BCUT2D eigenvalue weighted by molar-refractivity contribution is 7.89. The number of primary sulfonamides is 1. The third kappa shape index (κ3) is 6.08. The summed E-state index contributed by atoms with van der Waals surface area (Å²) in [4.78, 5) is 19.8. The molecule has 3 N–H and O–H groups in total. The zero-order chi connectivity index (χ0) is 25.3. The molecule has 0 aliphatic rings. The van der Waals surface area contributed by atoms with Crippen LogP contribution in [-0.2, 0) is 21.6 Å². The van der Waals surface area contributed by atoms with Gasteiger partial charge in [-0.1, -0.05) is 26.8 Å². The van der Waals surface area contributed by atoms with E-state index >= 15 is 0 Å². The number of carbonyl (C=O) groups excluding carboxylic acids is 1. The summed E-state index contributed by atoms with van der Waals surface area (Å²) < 4.78 is 67.2. The van der Waals surface area contributed by atoms with Crippen molar-refractivity contribution in [3.8, 4) is 11.5 Å². The predicted octanol–water partition coefficient (Wildman–Crippen LogP) is 4.98. The highest BCUT2D eigenvalue weighted by Gasteiger charge is 2.32. The molecule has 0 aliphatic carbocycles. The summed E-state index contributed by atoms with van der Waals surface area (Å²) >= 11 is 0. The number of nitrogens with zero attached hydrogens (tertiary/aromatic N) is 2. The zero-order valence-electron chi connectivity index (χ0n) is 18.3. The number of halogens is 3. The minimum absolute atomic E-state index is 0. The number of hydrogen-bond acceptors (Lipinski definition) is 6. The maximum atomic E-state index is 13.0. The van der Waals surface area contributed by atoms with Crippen LogP contribution in [0.4, 0.5) is 18.9 Å². The van der Waals surface area contributed by atoms with Crippen molar-refractivity contribution in [1.82, 2.24) is 9.97 Å². The second-order valence-electron chi connectivity index (χ2n) is 8.35. The lowest BCUT2D eigenvalue weighted by Gasteiger charge is -2.21. The summed E-state index contributed by atoms with van der Waals surface area (Å²) in [5.41, 5.74) is -0.480. The molecule has 0 saturated heterocycles. The first-order valence-electron chi connectivity index (χ1n) is 9.79. The number of rotatable bonds is 5. The molecule has 3 aromatic rings. The van der Waals surface area contributed by atoms with Crippen LogP contribution in [0.1, 0.15) is 45.2 Å². The van der Waals surface area contributed by atoms with E-state index in [9.17, 15) is 26.4 Å². The molecule has 0 saturated carbocycles. The fourth-order valence-electron chi connectivity index (χ4n) is 2.84. The molecule has 8 nitrogen and oxygen atoms in total. The average molecular weight is 499 g/mol. The van der Waals surface area contributed by atoms with E-state index in [1.165, 1.54) is 12.3 Å². The number of nitrogens with two attached hydrogens (primary N) is 1. The SMILES string of the molecule is CC(C)(C)c1ccc(C(=O)Nc2cncc(S(N)(=O)=O)c2)c(Oc2ccc(C(F)(F)F)nc2)c1.[HH].[HH]. The highest BCUT2D eigenvalue weighted by atomic mass is 32.2. The van der Waals surface area contributed by atoms with Crippen LogP contribution in [0.2, 0.25) is 0 Å². The maximum absolute atomic E-state index is 13.0. The topological polar surface area (TPSA) is 124 Å². The number of sulfonamides is 1. The molecule has 0 unspecified atom stereocenters. The van der Waals surface area contributed by atoms with Gasteiger partial charge >= 0.3 is 6.18 Å². The molecule has 184 valence electrons. The van der Waals surface area contributed by atoms with E-state index in [2.05, 4.69) is 15.3 Å². The molecule has 0 atom stereocenters. The summed E-state index contributed by atoms with van der Waals surface area (Å²) in [6.07, 6.45) is -1.42. The average Bonchev–Trinajstić information content (AvgIpc) is 2.72. The Hall–Kier alpha value is -3.51. The molecular formula is C22H25F3N4O4S. The van der Waals surface area contributed by atoms with Crippen LogP contribution in [0, 0.1) is 0 Å². The van der Waals surface area contributed by atoms with Crippen molar-refractivity contribution in [3.63, 3.8) is 0 Å². The maximum Gasteiger partial charge on any atom is 0.433 e. The molecule has 1 amide bonds. The summed E-state index contributed by atoms with van der Waals surface area (Å²) in [5.74, 6) is -0.600. The van der Waals surface area contributed by atoms with Gasteiger partial charge in [-0.25, -0.2) is 18.5 Å². The fraction of sp³-hybridized carbons (Fsp3) is 0.227. The monoisotopic (exact) mass is 498 g/mol.